The number of alkyl halides is 11. The van der Waals surface area contributed by atoms with Gasteiger partial charge in [0.2, 0.25) is 6.17 Å². The zero-order chi connectivity index (χ0) is 14.1. The van der Waals surface area contributed by atoms with Crippen molar-refractivity contribution >= 4 is 0 Å². The minimum atomic E-state index is -7.09. The lowest BCUT2D eigenvalue weighted by atomic mass is 9.81. The lowest BCUT2D eigenvalue weighted by Gasteiger charge is -2.46. The molecular formula is C6HF16-5. The van der Waals surface area contributed by atoms with Crippen molar-refractivity contribution in [3.63, 3.8) is 0 Å². The van der Waals surface area contributed by atoms with Gasteiger partial charge < -0.3 is 23.5 Å². The molecular weight excluding hydrogens is 376 g/mol. The van der Waals surface area contributed by atoms with E-state index in [1.54, 1.807) is 0 Å². The summed E-state index contributed by atoms with van der Waals surface area (Å²) in [6.45, 7) is 0. The van der Waals surface area contributed by atoms with Gasteiger partial charge in [-0.2, -0.15) is 43.9 Å². The average molecular weight is 377 g/mol. The van der Waals surface area contributed by atoms with Crippen LogP contribution in [0.1, 0.15) is 0 Å². The van der Waals surface area contributed by atoms with Crippen molar-refractivity contribution in [2.45, 2.75) is 35.8 Å². The van der Waals surface area contributed by atoms with Gasteiger partial charge in [0.1, 0.15) is 0 Å². The predicted molar refractivity (Wildman–Crippen MR) is 29.6 cm³/mol. The highest BCUT2D eigenvalue weighted by atomic mass is 19.4. The van der Waals surface area contributed by atoms with Crippen LogP contribution in [0.3, 0.4) is 0 Å². The van der Waals surface area contributed by atoms with Crippen LogP contribution in [0.5, 0.6) is 0 Å². The third-order valence-corrected chi connectivity index (χ3v) is 2.26. The summed E-state index contributed by atoms with van der Waals surface area (Å²) in [5.74, 6) is -34.2. The minimum Gasteiger partial charge on any atom is -1.00 e. The summed E-state index contributed by atoms with van der Waals surface area (Å²) in [7, 11) is 0. The van der Waals surface area contributed by atoms with Crippen molar-refractivity contribution in [2.24, 2.45) is 0 Å². The first-order valence-corrected chi connectivity index (χ1v) is 3.69. The first kappa shape index (κ1) is 32.7. The Morgan fingerprint density at radius 2 is 0.591 bits per heavy atom. The van der Waals surface area contributed by atoms with Gasteiger partial charge in [-0.1, -0.05) is 0 Å². The second-order valence-corrected chi connectivity index (χ2v) is 3.33. The molecule has 0 aliphatic heterocycles. The van der Waals surface area contributed by atoms with Gasteiger partial charge in [-0.05, 0) is 0 Å². The van der Waals surface area contributed by atoms with E-state index < -0.39 is 35.8 Å². The van der Waals surface area contributed by atoms with Gasteiger partial charge in [0.05, 0.1) is 0 Å². The molecule has 142 valence electrons. The Bertz CT molecular complexity index is 302. The molecule has 22 heavy (non-hydrogen) atoms. The minimum absolute atomic E-state index is 0. The summed E-state index contributed by atoms with van der Waals surface area (Å²) in [4.78, 5) is 0. The van der Waals surface area contributed by atoms with Crippen molar-refractivity contribution < 1.29 is 71.8 Å². The topological polar surface area (TPSA) is 0 Å². The maximum atomic E-state index is 12.3. The van der Waals surface area contributed by atoms with Crippen molar-refractivity contribution in [3.8, 4) is 0 Å². The third-order valence-electron chi connectivity index (χ3n) is 2.26. The van der Waals surface area contributed by atoms with Crippen LogP contribution >= 0.6 is 0 Å². The average Bonchev–Trinajstić information content (AvgIpc) is 2.13. The number of halogens is 16. The van der Waals surface area contributed by atoms with Gasteiger partial charge in [0, 0.05) is 0 Å². The summed E-state index contributed by atoms with van der Waals surface area (Å²) in [5.41, 5.74) is 0. The molecule has 0 radical (unpaired) electrons. The molecule has 0 nitrogen and oxygen atoms in total. The Balaban J connectivity index is -0.000000193. The molecule has 0 aromatic carbocycles. The van der Waals surface area contributed by atoms with Crippen LogP contribution in [0, 0.1) is 0 Å². The van der Waals surface area contributed by atoms with Crippen molar-refractivity contribution in [1.82, 2.24) is 0 Å². The summed E-state index contributed by atoms with van der Waals surface area (Å²) in [5, 5.41) is 0. The van der Waals surface area contributed by atoms with Gasteiger partial charge in [-0.25, -0.2) is 4.39 Å². The third kappa shape index (κ3) is 2.75. The fourth-order valence-corrected chi connectivity index (χ4v) is 1.16. The Morgan fingerprint density at radius 1 is 0.409 bits per heavy atom. The van der Waals surface area contributed by atoms with Crippen LogP contribution in [0.4, 0.5) is 48.3 Å². The lowest BCUT2D eigenvalue weighted by Crippen LogP contribution is -3.00. The molecule has 1 saturated carbocycles. The molecule has 0 spiro atoms. The van der Waals surface area contributed by atoms with Gasteiger partial charge in [-0.3, -0.25) is 0 Å². The molecule has 1 aliphatic carbocycles. The molecule has 0 aromatic heterocycles. The molecule has 0 atom stereocenters. The zero-order valence-corrected chi connectivity index (χ0v) is 9.12. The van der Waals surface area contributed by atoms with Gasteiger partial charge in [0.25, 0.3) is 0 Å². The summed E-state index contributed by atoms with van der Waals surface area (Å²) < 4.78 is 135. The second-order valence-electron chi connectivity index (χ2n) is 3.33. The molecule has 0 N–H and O–H groups in total. The molecule has 1 aliphatic rings. The van der Waals surface area contributed by atoms with Gasteiger partial charge >= 0.3 is 29.6 Å². The van der Waals surface area contributed by atoms with Crippen LogP contribution < -0.4 is 23.5 Å². The van der Waals surface area contributed by atoms with Crippen LogP contribution in [0.15, 0.2) is 0 Å². The fraction of sp³-hybridized carbons (Fsp3) is 1.00. The molecule has 16 heteroatoms. The first-order chi connectivity index (χ1) is 7.15. The van der Waals surface area contributed by atoms with Crippen LogP contribution in [0.2, 0.25) is 0 Å². The monoisotopic (exact) mass is 377 g/mol. The van der Waals surface area contributed by atoms with Crippen LogP contribution in [-0.2, 0) is 0 Å². The molecule has 0 aromatic rings. The molecule has 0 saturated heterocycles. The van der Waals surface area contributed by atoms with E-state index in [0.717, 1.165) is 0 Å². The SMILES string of the molecule is FC1C(F)(F)C(F)(F)C(F)(F)C(F)(F)C1(F)F.[F-].[F-].[F-].[F-].[F-]. The van der Waals surface area contributed by atoms with E-state index in [0.29, 0.717) is 0 Å². The highest BCUT2D eigenvalue weighted by Crippen LogP contribution is 2.65. The van der Waals surface area contributed by atoms with E-state index in [1.807, 2.05) is 0 Å². The molecule has 0 bridgehead atoms. The zero-order valence-electron chi connectivity index (χ0n) is 9.12. The maximum Gasteiger partial charge on any atom is 0.384 e. The second kappa shape index (κ2) is 6.97. The van der Waals surface area contributed by atoms with Crippen molar-refractivity contribution in [2.75, 3.05) is 0 Å². The largest absolute Gasteiger partial charge is 1.00 e. The summed E-state index contributed by atoms with van der Waals surface area (Å²) >= 11 is 0. The van der Waals surface area contributed by atoms with E-state index >= 15 is 0 Å². The first-order valence-electron chi connectivity index (χ1n) is 3.69. The molecule has 1 fully saturated rings. The maximum absolute atomic E-state index is 12.3. The quantitative estimate of drug-likeness (QED) is 0.368. The summed E-state index contributed by atoms with van der Waals surface area (Å²) in [6, 6.07) is 0. The highest BCUT2D eigenvalue weighted by Gasteiger charge is 2.96. The van der Waals surface area contributed by atoms with Gasteiger partial charge in [-0.15, -0.1) is 0 Å². The van der Waals surface area contributed by atoms with Crippen LogP contribution in [-0.4, -0.2) is 35.8 Å². The molecule has 0 unspecified atom stereocenters. The van der Waals surface area contributed by atoms with Gasteiger partial charge in [0.15, 0.2) is 0 Å². The standard InChI is InChI=1S/C6HF11.5FH/c7-1-2(8,9)4(12,13)6(16,17)5(14,15)3(1,10)11;;;;;/h1H;5*1H/p-5. The molecule has 1 rings (SSSR count). The Hall–Kier alpha value is -1.12. The molecule has 0 heterocycles. The Kier molecular flexibility index (Phi) is 10.4. The number of rotatable bonds is 0. The fourth-order valence-electron chi connectivity index (χ4n) is 1.16. The van der Waals surface area contributed by atoms with E-state index in [-0.39, 0.29) is 23.5 Å². The van der Waals surface area contributed by atoms with E-state index in [1.165, 1.54) is 0 Å². The lowest BCUT2D eigenvalue weighted by molar-refractivity contribution is -0.461. The Labute approximate surface area is 109 Å². The Morgan fingerprint density at radius 3 is 0.773 bits per heavy atom. The molecule has 0 amide bonds. The van der Waals surface area contributed by atoms with E-state index in [4.69, 9.17) is 0 Å². The van der Waals surface area contributed by atoms with Crippen LogP contribution in [0.25, 0.3) is 0 Å². The predicted octanol–water partition coefficient (Wildman–Crippen LogP) is -11.5. The highest BCUT2D eigenvalue weighted by molar-refractivity contribution is 5.19. The smallest absolute Gasteiger partial charge is 0.384 e. The van der Waals surface area contributed by atoms with Crippen molar-refractivity contribution in [3.05, 3.63) is 0 Å². The summed E-state index contributed by atoms with van der Waals surface area (Å²) in [6.07, 6.45) is -5.43. The van der Waals surface area contributed by atoms with E-state index in [2.05, 4.69) is 0 Å². The van der Waals surface area contributed by atoms with Crippen molar-refractivity contribution in [1.29, 1.82) is 0 Å². The number of hydrogen-bond acceptors (Lipinski definition) is 0. The van der Waals surface area contributed by atoms with E-state index in [9.17, 15) is 48.3 Å². The normalized spacial score (nSPS) is 25.8. The number of hydrogen-bond donors (Lipinski definition) is 0.